The highest BCUT2D eigenvalue weighted by atomic mass is 32.2. The standard InChI is InChI=1S/C13H24N4OS/c1-10(2)17(9-11-7-15-16(3)8-11)13(18)12(14)5-6-19-4/h7-8,10,12H,5-6,9,14H2,1-4H3/t12-/m0/s1. The van der Waals surface area contributed by atoms with Gasteiger partial charge in [0.1, 0.15) is 0 Å². The second-order valence-electron chi connectivity index (χ2n) is 4.97. The predicted molar refractivity (Wildman–Crippen MR) is 79.9 cm³/mol. The third-order valence-electron chi connectivity index (χ3n) is 2.97. The molecule has 108 valence electrons. The van der Waals surface area contributed by atoms with E-state index < -0.39 is 6.04 Å². The van der Waals surface area contributed by atoms with Gasteiger partial charge in [-0.05, 0) is 32.3 Å². The van der Waals surface area contributed by atoms with E-state index in [-0.39, 0.29) is 11.9 Å². The largest absolute Gasteiger partial charge is 0.334 e. The third-order valence-corrected chi connectivity index (χ3v) is 3.61. The van der Waals surface area contributed by atoms with Crippen LogP contribution in [0.25, 0.3) is 0 Å². The second kappa shape index (κ2) is 7.55. The van der Waals surface area contributed by atoms with Gasteiger partial charge < -0.3 is 10.6 Å². The monoisotopic (exact) mass is 284 g/mol. The number of hydrogen-bond donors (Lipinski definition) is 1. The van der Waals surface area contributed by atoms with Crippen molar-refractivity contribution in [1.82, 2.24) is 14.7 Å². The topological polar surface area (TPSA) is 64.2 Å². The van der Waals surface area contributed by atoms with Gasteiger partial charge in [-0.15, -0.1) is 0 Å². The fourth-order valence-electron chi connectivity index (χ4n) is 1.85. The molecule has 0 unspecified atom stereocenters. The van der Waals surface area contributed by atoms with Gasteiger partial charge in [0.05, 0.1) is 12.2 Å². The summed E-state index contributed by atoms with van der Waals surface area (Å²) in [5.74, 6) is 0.930. The Bertz CT molecular complexity index is 405. The molecule has 2 N–H and O–H groups in total. The number of amides is 1. The van der Waals surface area contributed by atoms with Gasteiger partial charge in [-0.1, -0.05) is 0 Å². The molecule has 1 rings (SSSR count). The van der Waals surface area contributed by atoms with Gasteiger partial charge in [-0.2, -0.15) is 16.9 Å². The number of aryl methyl sites for hydroxylation is 1. The maximum Gasteiger partial charge on any atom is 0.240 e. The maximum absolute atomic E-state index is 12.4. The lowest BCUT2D eigenvalue weighted by Crippen LogP contribution is -2.46. The Kier molecular flexibility index (Phi) is 6.37. The quantitative estimate of drug-likeness (QED) is 0.818. The first-order valence-electron chi connectivity index (χ1n) is 6.48. The van der Waals surface area contributed by atoms with Crippen molar-refractivity contribution in [3.8, 4) is 0 Å². The summed E-state index contributed by atoms with van der Waals surface area (Å²) in [6.45, 7) is 4.59. The molecule has 0 fully saturated rings. The summed E-state index contributed by atoms with van der Waals surface area (Å²) in [7, 11) is 1.87. The molecule has 1 amide bonds. The molecule has 0 aliphatic carbocycles. The van der Waals surface area contributed by atoms with Crippen molar-refractivity contribution in [2.24, 2.45) is 12.8 Å². The van der Waals surface area contributed by atoms with Crippen molar-refractivity contribution in [2.45, 2.75) is 38.9 Å². The van der Waals surface area contributed by atoms with Crippen LogP contribution in [0.1, 0.15) is 25.8 Å². The van der Waals surface area contributed by atoms with E-state index in [9.17, 15) is 4.79 Å². The van der Waals surface area contributed by atoms with Crippen molar-refractivity contribution < 1.29 is 4.79 Å². The Labute approximate surface area is 119 Å². The van der Waals surface area contributed by atoms with E-state index in [0.717, 1.165) is 17.7 Å². The molecule has 1 aromatic rings. The molecule has 19 heavy (non-hydrogen) atoms. The molecule has 0 saturated carbocycles. The smallest absolute Gasteiger partial charge is 0.240 e. The highest BCUT2D eigenvalue weighted by Crippen LogP contribution is 2.11. The van der Waals surface area contributed by atoms with E-state index in [2.05, 4.69) is 5.10 Å². The normalized spacial score (nSPS) is 12.7. The van der Waals surface area contributed by atoms with Crippen LogP contribution < -0.4 is 5.73 Å². The molecular formula is C13H24N4OS. The van der Waals surface area contributed by atoms with Crippen LogP contribution in [0.15, 0.2) is 12.4 Å². The zero-order valence-electron chi connectivity index (χ0n) is 12.2. The van der Waals surface area contributed by atoms with Gasteiger partial charge in [0.25, 0.3) is 0 Å². The second-order valence-corrected chi connectivity index (χ2v) is 5.96. The number of carbonyl (C=O) groups excluding carboxylic acids is 1. The van der Waals surface area contributed by atoms with Gasteiger partial charge in [0.2, 0.25) is 5.91 Å². The fourth-order valence-corrected chi connectivity index (χ4v) is 2.34. The molecule has 1 aromatic heterocycles. The summed E-state index contributed by atoms with van der Waals surface area (Å²) >= 11 is 1.71. The summed E-state index contributed by atoms with van der Waals surface area (Å²) in [6.07, 6.45) is 6.45. The minimum atomic E-state index is -0.411. The number of nitrogens with zero attached hydrogens (tertiary/aromatic N) is 3. The van der Waals surface area contributed by atoms with Crippen LogP contribution in [0.5, 0.6) is 0 Å². The van der Waals surface area contributed by atoms with Crippen molar-refractivity contribution in [3.05, 3.63) is 18.0 Å². The van der Waals surface area contributed by atoms with Gasteiger partial charge in [0.15, 0.2) is 0 Å². The minimum Gasteiger partial charge on any atom is -0.334 e. The van der Waals surface area contributed by atoms with E-state index in [4.69, 9.17) is 5.73 Å². The summed E-state index contributed by atoms with van der Waals surface area (Å²) in [5.41, 5.74) is 7.00. The van der Waals surface area contributed by atoms with Crippen molar-refractivity contribution in [3.63, 3.8) is 0 Å². The molecule has 0 bridgehead atoms. The van der Waals surface area contributed by atoms with Gasteiger partial charge in [0, 0.05) is 31.4 Å². The Morgan fingerprint density at radius 1 is 1.58 bits per heavy atom. The van der Waals surface area contributed by atoms with Gasteiger partial charge in [-0.3, -0.25) is 9.48 Å². The van der Waals surface area contributed by atoms with E-state index >= 15 is 0 Å². The van der Waals surface area contributed by atoms with Crippen molar-refractivity contribution >= 4 is 17.7 Å². The first-order chi connectivity index (χ1) is 8.95. The number of nitrogens with two attached hydrogens (primary N) is 1. The van der Waals surface area contributed by atoms with Gasteiger partial charge in [-0.25, -0.2) is 0 Å². The molecule has 0 saturated heterocycles. The molecular weight excluding hydrogens is 260 g/mol. The Morgan fingerprint density at radius 2 is 2.26 bits per heavy atom. The number of thioether (sulfide) groups is 1. The number of carbonyl (C=O) groups is 1. The van der Waals surface area contributed by atoms with Crippen molar-refractivity contribution in [1.29, 1.82) is 0 Å². The highest BCUT2D eigenvalue weighted by molar-refractivity contribution is 7.98. The minimum absolute atomic E-state index is 0.0212. The van der Waals surface area contributed by atoms with Crippen LogP contribution in [0.3, 0.4) is 0 Å². The lowest BCUT2D eigenvalue weighted by Gasteiger charge is -2.29. The Morgan fingerprint density at radius 3 is 2.74 bits per heavy atom. The molecule has 6 heteroatoms. The zero-order chi connectivity index (χ0) is 14.4. The van der Waals surface area contributed by atoms with Crippen LogP contribution in [0, 0.1) is 0 Å². The fraction of sp³-hybridized carbons (Fsp3) is 0.692. The molecule has 1 atom stereocenters. The molecule has 0 aromatic carbocycles. The third kappa shape index (κ3) is 4.87. The summed E-state index contributed by atoms with van der Waals surface area (Å²) in [5, 5.41) is 4.13. The van der Waals surface area contributed by atoms with E-state index in [1.807, 2.05) is 38.2 Å². The van der Waals surface area contributed by atoms with Crippen LogP contribution in [-0.2, 0) is 18.4 Å². The molecule has 5 nitrogen and oxygen atoms in total. The van der Waals surface area contributed by atoms with E-state index in [1.165, 1.54) is 0 Å². The van der Waals surface area contributed by atoms with Gasteiger partial charge >= 0.3 is 0 Å². The average Bonchev–Trinajstić information content (AvgIpc) is 2.77. The molecule has 0 radical (unpaired) electrons. The SMILES string of the molecule is CSCC[C@H](N)C(=O)N(Cc1cnn(C)c1)C(C)C. The predicted octanol–water partition coefficient (Wildman–Crippen LogP) is 1.24. The van der Waals surface area contributed by atoms with Crippen molar-refractivity contribution in [2.75, 3.05) is 12.0 Å². The number of hydrogen-bond acceptors (Lipinski definition) is 4. The summed E-state index contributed by atoms with van der Waals surface area (Å²) < 4.78 is 1.74. The van der Waals surface area contributed by atoms with Crippen LogP contribution >= 0.6 is 11.8 Å². The molecule has 0 aliphatic heterocycles. The zero-order valence-corrected chi connectivity index (χ0v) is 13.0. The number of aromatic nitrogens is 2. The molecule has 1 heterocycles. The lowest BCUT2D eigenvalue weighted by atomic mass is 10.1. The first-order valence-corrected chi connectivity index (χ1v) is 7.87. The van der Waals surface area contributed by atoms with Crippen LogP contribution in [-0.4, -0.2) is 44.7 Å². The first kappa shape index (κ1) is 16.0. The van der Waals surface area contributed by atoms with Crippen LogP contribution in [0.2, 0.25) is 0 Å². The highest BCUT2D eigenvalue weighted by Gasteiger charge is 2.23. The Balaban J connectivity index is 2.68. The van der Waals surface area contributed by atoms with Crippen LogP contribution in [0.4, 0.5) is 0 Å². The molecule has 0 spiro atoms. The number of rotatable bonds is 7. The van der Waals surface area contributed by atoms with E-state index in [1.54, 1.807) is 22.6 Å². The summed E-state index contributed by atoms with van der Waals surface area (Å²) in [6, 6.07) is -0.278. The maximum atomic E-state index is 12.4. The average molecular weight is 284 g/mol. The Hall–Kier alpha value is -1.01. The summed E-state index contributed by atoms with van der Waals surface area (Å²) in [4.78, 5) is 14.2. The molecule has 0 aliphatic rings. The van der Waals surface area contributed by atoms with E-state index in [0.29, 0.717) is 6.54 Å². The lowest BCUT2D eigenvalue weighted by molar-refractivity contribution is -0.135.